The van der Waals surface area contributed by atoms with Gasteiger partial charge < -0.3 is 4.90 Å². The summed E-state index contributed by atoms with van der Waals surface area (Å²) in [6, 6.07) is 13.6. The fourth-order valence-electron chi connectivity index (χ4n) is 4.44. The zero-order chi connectivity index (χ0) is 22.5. The Morgan fingerprint density at radius 1 is 1.13 bits per heavy atom. The molecule has 0 bridgehead atoms. The molecule has 0 radical (unpaired) electrons. The van der Waals surface area contributed by atoms with Crippen LogP contribution in [0.15, 0.2) is 48.0 Å². The number of carbonyl (C=O) groups is 2. The van der Waals surface area contributed by atoms with E-state index in [0.717, 1.165) is 17.5 Å². The molecule has 2 aromatic carbocycles. The number of aryl methyl sites for hydroxylation is 1. The van der Waals surface area contributed by atoms with Crippen LogP contribution < -0.4 is 15.1 Å². The SMILES string of the molecule is Cc1ccc(N2C(=O)/C(=C/c3ccc4c(c3)[C@H](C)CC(C)(C)N4C)C(=O)NC2=S)cc1. The van der Waals surface area contributed by atoms with Crippen LogP contribution in [0.5, 0.6) is 0 Å². The second-order valence-corrected chi connectivity index (χ2v) is 9.47. The van der Waals surface area contributed by atoms with Gasteiger partial charge in [0.1, 0.15) is 5.57 Å². The van der Waals surface area contributed by atoms with Crippen molar-refractivity contribution in [1.29, 1.82) is 0 Å². The molecule has 0 spiro atoms. The van der Waals surface area contributed by atoms with Crippen molar-refractivity contribution in [2.45, 2.75) is 45.6 Å². The lowest BCUT2D eigenvalue weighted by molar-refractivity contribution is -0.122. The molecular formula is C25H27N3O2S. The predicted octanol–water partition coefficient (Wildman–Crippen LogP) is 4.55. The highest BCUT2D eigenvalue weighted by Gasteiger charge is 2.36. The standard InChI is InChI=1S/C25H27N3O2S/c1-15-6-9-18(10-7-15)28-23(30)20(22(29)26-24(28)31)13-17-8-11-21-19(12-17)16(2)14-25(3,4)27(21)5/h6-13,16H,14H2,1-5H3,(H,26,29,31)/b20-13+/t16-/m1/s1. The Morgan fingerprint density at radius 3 is 2.48 bits per heavy atom. The van der Waals surface area contributed by atoms with Crippen LogP contribution >= 0.6 is 12.2 Å². The number of anilines is 2. The third-order valence-corrected chi connectivity index (χ3v) is 6.65. The number of fused-ring (bicyclic) bond motifs is 1. The summed E-state index contributed by atoms with van der Waals surface area (Å²) >= 11 is 5.28. The average molecular weight is 434 g/mol. The van der Waals surface area contributed by atoms with Crippen molar-refractivity contribution in [3.8, 4) is 0 Å². The van der Waals surface area contributed by atoms with Crippen LogP contribution in [0.1, 0.15) is 49.8 Å². The van der Waals surface area contributed by atoms with E-state index in [-0.39, 0.29) is 16.2 Å². The predicted molar refractivity (Wildman–Crippen MR) is 129 cm³/mol. The van der Waals surface area contributed by atoms with Crippen LogP contribution in [0.25, 0.3) is 6.08 Å². The number of nitrogens with zero attached hydrogens (tertiary/aromatic N) is 2. The Bertz CT molecular complexity index is 1120. The highest BCUT2D eigenvalue weighted by molar-refractivity contribution is 7.80. The molecule has 2 amide bonds. The average Bonchev–Trinajstić information content (AvgIpc) is 2.70. The first kappa shape index (κ1) is 21.2. The van der Waals surface area contributed by atoms with Crippen LogP contribution in [-0.4, -0.2) is 29.5 Å². The van der Waals surface area contributed by atoms with Crippen molar-refractivity contribution in [3.63, 3.8) is 0 Å². The first-order chi connectivity index (χ1) is 14.6. The summed E-state index contributed by atoms with van der Waals surface area (Å²) in [6.07, 6.45) is 2.69. The summed E-state index contributed by atoms with van der Waals surface area (Å²) in [5.74, 6) is -0.504. The molecule has 160 valence electrons. The molecule has 31 heavy (non-hydrogen) atoms. The molecule has 1 N–H and O–H groups in total. The molecule has 2 aliphatic rings. The van der Waals surface area contributed by atoms with E-state index in [2.05, 4.69) is 50.2 Å². The molecule has 2 heterocycles. The first-order valence-electron chi connectivity index (χ1n) is 10.4. The monoisotopic (exact) mass is 433 g/mol. The van der Waals surface area contributed by atoms with E-state index >= 15 is 0 Å². The van der Waals surface area contributed by atoms with Gasteiger partial charge in [0, 0.05) is 18.3 Å². The second kappa shape index (κ2) is 7.61. The maximum absolute atomic E-state index is 13.2. The Balaban J connectivity index is 1.72. The summed E-state index contributed by atoms with van der Waals surface area (Å²) in [5, 5.41) is 2.75. The summed E-state index contributed by atoms with van der Waals surface area (Å²) < 4.78 is 0. The molecule has 0 aliphatic carbocycles. The molecule has 0 saturated carbocycles. The lowest BCUT2D eigenvalue weighted by Gasteiger charge is -2.45. The number of carbonyl (C=O) groups excluding carboxylic acids is 2. The third-order valence-electron chi connectivity index (χ3n) is 6.36. The molecule has 1 fully saturated rings. The number of thiocarbonyl (C=S) groups is 1. The minimum Gasteiger partial charge on any atom is -0.369 e. The van der Waals surface area contributed by atoms with E-state index in [0.29, 0.717) is 11.6 Å². The van der Waals surface area contributed by atoms with E-state index in [1.807, 2.05) is 37.3 Å². The Morgan fingerprint density at radius 2 is 1.81 bits per heavy atom. The zero-order valence-electron chi connectivity index (χ0n) is 18.5. The van der Waals surface area contributed by atoms with E-state index < -0.39 is 11.8 Å². The van der Waals surface area contributed by atoms with Gasteiger partial charge in [-0.2, -0.15) is 0 Å². The van der Waals surface area contributed by atoms with Crippen molar-refractivity contribution in [3.05, 3.63) is 64.7 Å². The summed E-state index contributed by atoms with van der Waals surface area (Å²) in [5.41, 5.74) is 5.11. The number of amides is 2. The molecule has 2 aliphatic heterocycles. The van der Waals surface area contributed by atoms with Gasteiger partial charge in [0.15, 0.2) is 5.11 Å². The second-order valence-electron chi connectivity index (χ2n) is 9.09. The molecule has 1 atom stereocenters. The number of benzene rings is 2. The van der Waals surface area contributed by atoms with Gasteiger partial charge in [-0.3, -0.25) is 19.8 Å². The van der Waals surface area contributed by atoms with E-state index in [9.17, 15) is 9.59 Å². The molecule has 2 aromatic rings. The van der Waals surface area contributed by atoms with Gasteiger partial charge in [-0.05, 0) is 86.8 Å². The van der Waals surface area contributed by atoms with Gasteiger partial charge in [-0.25, -0.2) is 0 Å². The Kier molecular flexibility index (Phi) is 5.21. The topological polar surface area (TPSA) is 52.7 Å². The summed E-state index contributed by atoms with van der Waals surface area (Å²) in [6.45, 7) is 8.69. The van der Waals surface area contributed by atoms with Gasteiger partial charge in [0.05, 0.1) is 5.69 Å². The minimum absolute atomic E-state index is 0.0753. The molecule has 0 unspecified atom stereocenters. The highest BCUT2D eigenvalue weighted by atomic mass is 32.1. The van der Waals surface area contributed by atoms with Crippen LogP contribution in [0.3, 0.4) is 0 Å². The number of hydrogen-bond donors (Lipinski definition) is 1. The van der Waals surface area contributed by atoms with Crippen LogP contribution in [0, 0.1) is 6.92 Å². The van der Waals surface area contributed by atoms with E-state index in [4.69, 9.17) is 12.2 Å². The summed E-state index contributed by atoms with van der Waals surface area (Å²) in [4.78, 5) is 29.5. The quantitative estimate of drug-likeness (QED) is 0.429. The van der Waals surface area contributed by atoms with Crippen molar-refractivity contribution >= 4 is 46.6 Å². The molecule has 5 nitrogen and oxygen atoms in total. The smallest absolute Gasteiger partial charge is 0.270 e. The van der Waals surface area contributed by atoms with E-state index in [1.165, 1.54) is 16.2 Å². The largest absolute Gasteiger partial charge is 0.369 e. The van der Waals surface area contributed by atoms with Crippen molar-refractivity contribution in [1.82, 2.24) is 5.32 Å². The lowest BCUT2D eigenvalue weighted by atomic mass is 9.80. The minimum atomic E-state index is -0.470. The fraction of sp³-hybridized carbons (Fsp3) is 0.320. The Hall–Kier alpha value is -2.99. The van der Waals surface area contributed by atoms with Crippen LogP contribution in [0.2, 0.25) is 0 Å². The third kappa shape index (κ3) is 3.76. The normalized spacial score (nSPS) is 21.9. The molecule has 4 rings (SSSR count). The van der Waals surface area contributed by atoms with Gasteiger partial charge in [0.25, 0.3) is 11.8 Å². The van der Waals surface area contributed by atoms with Gasteiger partial charge in [0.2, 0.25) is 0 Å². The summed E-state index contributed by atoms with van der Waals surface area (Å²) in [7, 11) is 2.11. The molecule has 1 saturated heterocycles. The first-order valence-corrected chi connectivity index (χ1v) is 10.9. The van der Waals surface area contributed by atoms with Crippen molar-refractivity contribution in [2.24, 2.45) is 0 Å². The molecule has 0 aromatic heterocycles. The van der Waals surface area contributed by atoms with Crippen LogP contribution in [-0.2, 0) is 9.59 Å². The molecular weight excluding hydrogens is 406 g/mol. The fourth-order valence-corrected chi connectivity index (χ4v) is 4.72. The number of rotatable bonds is 2. The van der Waals surface area contributed by atoms with E-state index in [1.54, 1.807) is 6.08 Å². The highest BCUT2D eigenvalue weighted by Crippen LogP contribution is 2.42. The lowest BCUT2D eigenvalue weighted by Crippen LogP contribution is -2.54. The molecule has 6 heteroatoms. The number of hydrogen-bond acceptors (Lipinski definition) is 4. The number of nitrogens with one attached hydrogen (secondary N) is 1. The van der Waals surface area contributed by atoms with Gasteiger partial charge in [-0.1, -0.05) is 30.7 Å². The van der Waals surface area contributed by atoms with Gasteiger partial charge in [-0.15, -0.1) is 0 Å². The zero-order valence-corrected chi connectivity index (χ0v) is 19.3. The maximum Gasteiger partial charge on any atom is 0.270 e. The van der Waals surface area contributed by atoms with Crippen LogP contribution in [0.4, 0.5) is 11.4 Å². The van der Waals surface area contributed by atoms with Gasteiger partial charge >= 0.3 is 0 Å². The Labute approximate surface area is 188 Å². The van der Waals surface area contributed by atoms with Crippen molar-refractivity contribution < 1.29 is 9.59 Å². The maximum atomic E-state index is 13.2. The van der Waals surface area contributed by atoms with Crippen molar-refractivity contribution in [2.75, 3.05) is 16.8 Å².